The molecule has 0 radical (unpaired) electrons. The molecule has 4 heteroatoms. The lowest BCUT2D eigenvalue weighted by Crippen LogP contribution is -2.26. The second-order valence-corrected chi connectivity index (χ2v) is 17.1. The summed E-state index contributed by atoms with van der Waals surface area (Å²) in [5.74, 6) is -0.537. The molecule has 11 aromatic carbocycles. The lowest BCUT2D eigenvalue weighted by Gasteiger charge is -2.32. The topological polar surface area (TPSA) is 6.48 Å². The predicted octanol–water partition coefficient (Wildman–Crippen LogP) is 16.7. The van der Waals surface area contributed by atoms with E-state index in [0.717, 1.165) is 50.3 Å². The van der Waals surface area contributed by atoms with E-state index in [2.05, 4.69) is 155 Å². The van der Waals surface area contributed by atoms with Crippen molar-refractivity contribution in [3.8, 4) is 22.3 Å². The van der Waals surface area contributed by atoms with Crippen LogP contribution in [-0.2, 0) is 5.41 Å². The zero-order valence-electron chi connectivity index (χ0n) is 35.1. The number of anilines is 6. The first-order valence-electron chi connectivity index (χ1n) is 22.0. The van der Waals surface area contributed by atoms with Gasteiger partial charge in [-0.1, -0.05) is 121 Å². The standard InChI is InChI=1S/C61H38F2N2/c62-41-24-29-45(30-25-41)64(43-13-3-1-4-14-43)47-28-23-39-36-55-58(37-40(39)35-47)61(56-21-11-9-18-50(56)51-19-10-12-22-57(51)61)60-53-34-33-48(38-54(53)49-17-7-8-20-52(49)59(55)60)65(44-15-5-2-6-16-44)46-31-26-42(63)27-32-46/h1-38H. The van der Waals surface area contributed by atoms with Crippen molar-refractivity contribution in [2.75, 3.05) is 9.80 Å². The second-order valence-electron chi connectivity index (χ2n) is 17.1. The molecular weight excluding hydrogens is 799 g/mol. The molecule has 0 fully saturated rings. The molecule has 2 aliphatic carbocycles. The third-order valence-corrected chi connectivity index (χ3v) is 13.7. The van der Waals surface area contributed by atoms with Crippen LogP contribution in [0, 0.1) is 11.6 Å². The summed E-state index contributed by atoms with van der Waals surface area (Å²) < 4.78 is 28.7. The van der Waals surface area contributed by atoms with Crippen LogP contribution in [0.4, 0.5) is 42.9 Å². The molecule has 0 aliphatic heterocycles. The molecule has 0 atom stereocenters. The first kappa shape index (κ1) is 37.2. The van der Waals surface area contributed by atoms with Gasteiger partial charge in [0.15, 0.2) is 0 Å². The van der Waals surface area contributed by atoms with Gasteiger partial charge in [-0.05, 0) is 186 Å². The van der Waals surface area contributed by atoms with Crippen LogP contribution >= 0.6 is 0 Å². The van der Waals surface area contributed by atoms with Crippen LogP contribution in [0.2, 0.25) is 0 Å². The summed E-state index contributed by atoms with van der Waals surface area (Å²) in [6, 6.07) is 79.3. The van der Waals surface area contributed by atoms with E-state index in [9.17, 15) is 8.78 Å². The smallest absolute Gasteiger partial charge is 0.123 e. The summed E-state index contributed by atoms with van der Waals surface area (Å²) in [6.07, 6.45) is 0. The van der Waals surface area contributed by atoms with Crippen molar-refractivity contribution < 1.29 is 8.78 Å². The molecule has 1 spiro atoms. The monoisotopic (exact) mass is 836 g/mol. The number of para-hydroxylation sites is 2. The molecule has 0 N–H and O–H groups in total. The predicted molar refractivity (Wildman–Crippen MR) is 265 cm³/mol. The van der Waals surface area contributed by atoms with Crippen molar-refractivity contribution >= 4 is 66.4 Å². The third kappa shape index (κ3) is 5.50. The molecule has 0 bridgehead atoms. The summed E-state index contributed by atoms with van der Waals surface area (Å²) in [4.78, 5) is 4.40. The Morgan fingerprint density at radius 1 is 0.292 bits per heavy atom. The van der Waals surface area contributed by atoms with Crippen LogP contribution in [0.15, 0.2) is 231 Å². The van der Waals surface area contributed by atoms with Gasteiger partial charge in [0.2, 0.25) is 0 Å². The summed E-state index contributed by atoms with van der Waals surface area (Å²) >= 11 is 0. The van der Waals surface area contributed by atoms with Gasteiger partial charge in [0.25, 0.3) is 0 Å². The minimum Gasteiger partial charge on any atom is -0.310 e. The maximum Gasteiger partial charge on any atom is 0.123 e. The lowest BCUT2D eigenvalue weighted by molar-refractivity contribution is 0.627. The fourth-order valence-corrected chi connectivity index (χ4v) is 11.1. The van der Waals surface area contributed by atoms with Crippen molar-refractivity contribution in [1.29, 1.82) is 0 Å². The molecular formula is C61H38F2N2. The molecule has 65 heavy (non-hydrogen) atoms. The highest BCUT2D eigenvalue weighted by molar-refractivity contribution is 6.21. The van der Waals surface area contributed by atoms with Gasteiger partial charge >= 0.3 is 0 Å². The molecule has 306 valence electrons. The molecule has 13 rings (SSSR count). The zero-order valence-corrected chi connectivity index (χ0v) is 35.1. The van der Waals surface area contributed by atoms with Crippen LogP contribution in [-0.4, -0.2) is 0 Å². The Kier molecular flexibility index (Phi) is 8.22. The normalized spacial score (nSPS) is 12.9. The zero-order chi connectivity index (χ0) is 43.2. The minimum atomic E-state index is -0.641. The van der Waals surface area contributed by atoms with Crippen LogP contribution < -0.4 is 9.80 Å². The highest BCUT2D eigenvalue weighted by Gasteiger charge is 2.53. The second kappa shape index (κ2) is 14.3. The Morgan fingerprint density at radius 2 is 0.769 bits per heavy atom. The molecule has 2 aliphatic rings. The molecule has 0 heterocycles. The van der Waals surface area contributed by atoms with Crippen molar-refractivity contribution in [2.24, 2.45) is 0 Å². The van der Waals surface area contributed by atoms with Crippen molar-refractivity contribution in [3.05, 3.63) is 264 Å². The minimum absolute atomic E-state index is 0.268. The molecule has 2 nitrogen and oxygen atoms in total. The van der Waals surface area contributed by atoms with E-state index in [1.165, 1.54) is 84.9 Å². The van der Waals surface area contributed by atoms with Gasteiger partial charge in [-0.25, -0.2) is 8.78 Å². The van der Waals surface area contributed by atoms with E-state index in [1.807, 2.05) is 60.7 Å². The Hall–Kier alpha value is -8.34. The Balaban J connectivity index is 1.11. The molecule has 0 saturated heterocycles. The van der Waals surface area contributed by atoms with Crippen LogP contribution in [0.5, 0.6) is 0 Å². The van der Waals surface area contributed by atoms with Gasteiger partial charge in [-0.15, -0.1) is 0 Å². The molecule has 0 saturated carbocycles. The lowest BCUT2D eigenvalue weighted by atomic mass is 9.69. The first-order chi connectivity index (χ1) is 32.1. The van der Waals surface area contributed by atoms with Gasteiger partial charge in [0, 0.05) is 34.1 Å². The van der Waals surface area contributed by atoms with Gasteiger partial charge < -0.3 is 9.80 Å². The number of hydrogen-bond donors (Lipinski definition) is 0. The number of rotatable bonds is 6. The van der Waals surface area contributed by atoms with E-state index in [0.29, 0.717) is 0 Å². The average Bonchev–Trinajstić information content (AvgIpc) is 3.82. The highest BCUT2D eigenvalue weighted by Crippen LogP contribution is 2.66. The number of fused-ring (bicyclic) bond motifs is 16. The summed E-state index contributed by atoms with van der Waals surface area (Å²) in [6.45, 7) is 0. The van der Waals surface area contributed by atoms with Crippen molar-refractivity contribution in [3.63, 3.8) is 0 Å². The van der Waals surface area contributed by atoms with Crippen LogP contribution in [0.25, 0.3) is 54.6 Å². The van der Waals surface area contributed by atoms with Gasteiger partial charge in [0.05, 0.1) is 5.41 Å². The molecule has 0 aromatic heterocycles. The first-order valence-corrected chi connectivity index (χ1v) is 22.0. The van der Waals surface area contributed by atoms with E-state index in [4.69, 9.17) is 0 Å². The van der Waals surface area contributed by atoms with Crippen molar-refractivity contribution in [2.45, 2.75) is 5.41 Å². The van der Waals surface area contributed by atoms with Crippen LogP contribution in [0.3, 0.4) is 0 Å². The Bertz CT molecular complexity index is 3630. The molecule has 11 aromatic rings. The number of nitrogens with zero attached hydrogens (tertiary/aromatic N) is 2. The van der Waals surface area contributed by atoms with Gasteiger partial charge in [-0.3, -0.25) is 0 Å². The van der Waals surface area contributed by atoms with Gasteiger partial charge in [0.1, 0.15) is 11.6 Å². The van der Waals surface area contributed by atoms with E-state index in [1.54, 1.807) is 0 Å². The fraction of sp³-hybridized carbons (Fsp3) is 0.0164. The van der Waals surface area contributed by atoms with E-state index < -0.39 is 5.41 Å². The maximum absolute atomic E-state index is 14.4. The number of hydrogen-bond acceptors (Lipinski definition) is 2. The fourth-order valence-electron chi connectivity index (χ4n) is 11.1. The highest BCUT2D eigenvalue weighted by atomic mass is 19.1. The SMILES string of the molecule is Fc1ccc(N(c2ccccc2)c2ccc3cc4c(cc3c2)C2(c3ccccc3-c3ccccc32)c2c-4c3ccccc3c3cc(N(c4ccccc4)c4ccc(F)cc4)ccc23)cc1. The summed E-state index contributed by atoms with van der Waals surface area (Å²) in [7, 11) is 0. The number of halogens is 2. The quantitative estimate of drug-likeness (QED) is 0.154. The third-order valence-electron chi connectivity index (χ3n) is 13.7. The Morgan fingerprint density at radius 3 is 1.37 bits per heavy atom. The average molecular weight is 837 g/mol. The largest absolute Gasteiger partial charge is 0.310 e. The van der Waals surface area contributed by atoms with Crippen LogP contribution in [0.1, 0.15) is 22.3 Å². The van der Waals surface area contributed by atoms with E-state index >= 15 is 0 Å². The van der Waals surface area contributed by atoms with Gasteiger partial charge in [-0.2, -0.15) is 0 Å². The molecule has 0 amide bonds. The maximum atomic E-state index is 14.4. The van der Waals surface area contributed by atoms with E-state index in [-0.39, 0.29) is 11.6 Å². The summed E-state index contributed by atoms with van der Waals surface area (Å²) in [5, 5.41) is 6.97. The molecule has 0 unspecified atom stereocenters. The number of benzene rings is 11. The van der Waals surface area contributed by atoms with Crippen molar-refractivity contribution in [1.82, 2.24) is 0 Å². The Labute approximate surface area is 375 Å². The summed E-state index contributed by atoms with van der Waals surface area (Å²) in [5.41, 5.74) is 15.1.